The first-order chi connectivity index (χ1) is 12.2. The summed E-state index contributed by atoms with van der Waals surface area (Å²) in [5.74, 6) is 2.02. The van der Waals surface area contributed by atoms with Crippen molar-refractivity contribution in [2.45, 2.75) is 26.2 Å². The molecule has 138 valence electrons. The smallest absolute Gasteiger partial charge is 0.260 e. The number of allylic oxidation sites excluding steroid dienone is 1. The Balaban J connectivity index is 1.84. The van der Waals surface area contributed by atoms with Gasteiger partial charge in [0.2, 0.25) is 0 Å². The van der Waals surface area contributed by atoms with Crippen LogP contribution in [0.3, 0.4) is 0 Å². The Kier molecular flexibility index (Phi) is 7.79. The maximum absolute atomic E-state index is 12.4. The van der Waals surface area contributed by atoms with E-state index in [1.54, 1.807) is 7.11 Å². The highest BCUT2D eigenvalue weighted by molar-refractivity contribution is 5.78. The van der Waals surface area contributed by atoms with E-state index >= 15 is 0 Å². The van der Waals surface area contributed by atoms with Gasteiger partial charge in [0.15, 0.2) is 18.1 Å². The van der Waals surface area contributed by atoms with Gasteiger partial charge in [-0.1, -0.05) is 18.2 Å². The Bertz CT molecular complexity index is 578. The third-order valence-corrected chi connectivity index (χ3v) is 4.67. The minimum Gasteiger partial charge on any atom is -0.493 e. The number of carbonyl (C=O) groups excluding carboxylic acids is 1. The van der Waals surface area contributed by atoms with Crippen molar-refractivity contribution in [1.29, 1.82) is 0 Å². The van der Waals surface area contributed by atoms with E-state index in [4.69, 9.17) is 9.47 Å². The topological polar surface area (TPSA) is 50.8 Å². The zero-order valence-corrected chi connectivity index (χ0v) is 15.6. The van der Waals surface area contributed by atoms with Crippen LogP contribution in [0.2, 0.25) is 0 Å². The average molecular weight is 346 g/mol. The molecule has 1 aromatic carbocycles. The SMILES string of the molecule is C/C=C/c1ccc(OCC(=O)N2CCC(CCNC)CC2)c(OC)c1. The van der Waals surface area contributed by atoms with Crippen LogP contribution in [0.25, 0.3) is 6.08 Å². The van der Waals surface area contributed by atoms with Crippen molar-refractivity contribution in [3.05, 3.63) is 29.8 Å². The first kappa shape index (κ1) is 19.3. The molecule has 5 nitrogen and oxygen atoms in total. The summed E-state index contributed by atoms with van der Waals surface area (Å²) in [6.07, 6.45) is 7.31. The zero-order valence-electron chi connectivity index (χ0n) is 15.6. The summed E-state index contributed by atoms with van der Waals surface area (Å²) in [6, 6.07) is 5.72. The third-order valence-electron chi connectivity index (χ3n) is 4.67. The Labute approximate surface area is 151 Å². The second-order valence-corrected chi connectivity index (χ2v) is 6.42. The van der Waals surface area contributed by atoms with E-state index in [1.165, 1.54) is 6.42 Å². The van der Waals surface area contributed by atoms with Gasteiger partial charge in [-0.2, -0.15) is 0 Å². The Morgan fingerprint density at radius 2 is 2.08 bits per heavy atom. The van der Waals surface area contributed by atoms with Crippen LogP contribution in [-0.2, 0) is 4.79 Å². The molecule has 1 N–H and O–H groups in total. The lowest BCUT2D eigenvalue weighted by Crippen LogP contribution is -2.41. The highest BCUT2D eigenvalue weighted by Crippen LogP contribution is 2.29. The fourth-order valence-corrected chi connectivity index (χ4v) is 3.15. The lowest BCUT2D eigenvalue weighted by atomic mass is 9.93. The summed E-state index contributed by atoms with van der Waals surface area (Å²) in [7, 11) is 3.59. The van der Waals surface area contributed by atoms with Crippen LogP contribution in [-0.4, -0.2) is 51.2 Å². The van der Waals surface area contributed by atoms with Gasteiger partial charge < -0.3 is 19.7 Å². The fourth-order valence-electron chi connectivity index (χ4n) is 3.15. The van der Waals surface area contributed by atoms with E-state index < -0.39 is 0 Å². The molecule has 0 unspecified atom stereocenters. The molecule has 0 aliphatic carbocycles. The van der Waals surface area contributed by atoms with Gasteiger partial charge in [-0.05, 0) is 63.4 Å². The number of piperidine rings is 1. The fraction of sp³-hybridized carbons (Fsp3) is 0.550. The molecule has 1 heterocycles. The van der Waals surface area contributed by atoms with Gasteiger partial charge >= 0.3 is 0 Å². The number of rotatable bonds is 8. The molecule has 0 aromatic heterocycles. The van der Waals surface area contributed by atoms with E-state index in [1.807, 2.05) is 49.2 Å². The largest absolute Gasteiger partial charge is 0.493 e. The maximum Gasteiger partial charge on any atom is 0.260 e. The standard InChI is InChI=1S/C20H30N2O3/c1-4-5-17-6-7-18(19(14-17)24-3)25-15-20(23)22-12-9-16(10-13-22)8-11-21-2/h4-7,14,16,21H,8-13,15H2,1-3H3/b5-4+. The quantitative estimate of drug-likeness (QED) is 0.786. The molecule has 1 saturated heterocycles. The summed E-state index contributed by atoms with van der Waals surface area (Å²) >= 11 is 0. The molecule has 0 bridgehead atoms. The van der Waals surface area contributed by atoms with E-state index in [2.05, 4.69) is 5.32 Å². The van der Waals surface area contributed by atoms with Crippen molar-refractivity contribution in [2.24, 2.45) is 5.92 Å². The molecule has 5 heteroatoms. The van der Waals surface area contributed by atoms with Crippen molar-refractivity contribution in [3.63, 3.8) is 0 Å². The predicted molar refractivity (Wildman–Crippen MR) is 101 cm³/mol. The predicted octanol–water partition coefficient (Wildman–Crippen LogP) is 2.96. The summed E-state index contributed by atoms with van der Waals surface area (Å²) < 4.78 is 11.1. The van der Waals surface area contributed by atoms with Gasteiger partial charge in [-0.3, -0.25) is 4.79 Å². The summed E-state index contributed by atoms with van der Waals surface area (Å²) in [6.45, 7) is 4.73. The molecular formula is C20H30N2O3. The van der Waals surface area contributed by atoms with E-state index in [0.717, 1.165) is 44.0 Å². The second-order valence-electron chi connectivity index (χ2n) is 6.42. The third kappa shape index (κ3) is 5.78. The molecule has 1 aromatic rings. The van der Waals surface area contributed by atoms with Crippen molar-refractivity contribution < 1.29 is 14.3 Å². The maximum atomic E-state index is 12.4. The van der Waals surface area contributed by atoms with Crippen molar-refractivity contribution >= 4 is 12.0 Å². The number of hydrogen-bond acceptors (Lipinski definition) is 4. The van der Waals surface area contributed by atoms with Crippen LogP contribution < -0.4 is 14.8 Å². The molecule has 0 saturated carbocycles. The van der Waals surface area contributed by atoms with Crippen LogP contribution in [0.1, 0.15) is 31.7 Å². The Hall–Kier alpha value is -2.01. The molecule has 0 spiro atoms. The molecule has 2 rings (SSSR count). The van der Waals surface area contributed by atoms with Crippen LogP contribution in [0.15, 0.2) is 24.3 Å². The van der Waals surface area contributed by atoms with Gasteiger partial charge in [0.25, 0.3) is 5.91 Å². The summed E-state index contributed by atoms with van der Waals surface area (Å²) in [5, 5.41) is 3.19. The average Bonchev–Trinajstić information content (AvgIpc) is 2.65. The monoisotopic (exact) mass is 346 g/mol. The van der Waals surface area contributed by atoms with Crippen molar-refractivity contribution in [2.75, 3.05) is 40.4 Å². The Morgan fingerprint density at radius 3 is 2.72 bits per heavy atom. The molecule has 25 heavy (non-hydrogen) atoms. The summed E-state index contributed by atoms with van der Waals surface area (Å²) in [4.78, 5) is 14.3. The lowest BCUT2D eigenvalue weighted by Gasteiger charge is -2.32. The molecule has 1 aliphatic heterocycles. The number of nitrogens with zero attached hydrogens (tertiary/aromatic N) is 1. The van der Waals surface area contributed by atoms with Crippen LogP contribution in [0, 0.1) is 5.92 Å². The minimum absolute atomic E-state index is 0.0478. The number of hydrogen-bond donors (Lipinski definition) is 1. The van der Waals surface area contributed by atoms with Gasteiger partial charge in [0.05, 0.1) is 7.11 Å². The number of likely N-dealkylation sites (tertiary alicyclic amines) is 1. The number of methoxy groups -OCH3 is 1. The highest BCUT2D eigenvalue weighted by Gasteiger charge is 2.23. The molecule has 0 atom stereocenters. The van der Waals surface area contributed by atoms with Crippen LogP contribution >= 0.6 is 0 Å². The number of nitrogens with one attached hydrogen (secondary N) is 1. The number of benzene rings is 1. The van der Waals surface area contributed by atoms with E-state index in [-0.39, 0.29) is 12.5 Å². The van der Waals surface area contributed by atoms with Crippen LogP contribution in [0.5, 0.6) is 11.5 Å². The van der Waals surface area contributed by atoms with E-state index in [9.17, 15) is 4.79 Å². The van der Waals surface area contributed by atoms with Gasteiger partial charge in [-0.25, -0.2) is 0 Å². The lowest BCUT2D eigenvalue weighted by molar-refractivity contribution is -0.134. The highest BCUT2D eigenvalue weighted by atomic mass is 16.5. The first-order valence-corrected chi connectivity index (χ1v) is 9.03. The number of carbonyl (C=O) groups is 1. The van der Waals surface area contributed by atoms with Gasteiger partial charge in [0.1, 0.15) is 0 Å². The van der Waals surface area contributed by atoms with Gasteiger partial charge in [0, 0.05) is 13.1 Å². The van der Waals surface area contributed by atoms with Crippen molar-refractivity contribution in [1.82, 2.24) is 10.2 Å². The normalized spacial score (nSPS) is 15.6. The molecule has 1 amide bonds. The van der Waals surface area contributed by atoms with Crippen molar-refractivity contribution in [3.8, 4) is 11.5 Å². The number of amides is 1. The number of ether oxygens (including phenoxy) is 2. The minimum atomic E-state index is 0.0478. The molecule has 1 aliphatic rings. The second kappa shape index (κ2) is 10.1. The Morgan fingerprint density at radius 1 is 1.32 bits per heavy atom. The molecular weight excluding hydrogens is 316 g/mol. The van der Waals surface area contributed by atoms with E-state index in [0.29, 0.717) is 11.5 Å². The zero-order chi connectivity index (χ0) is 18.1. The summed E-state index contributed by atoms with van der Waals surface area (Å²) in [5.41, 5.74) is 1.04. The van der Waals surface area contributed by atoms with Crippen LogP contribution in [0.4, 0.5) is 0 Å². The molecule has 0 radical (unpaired) electrons. The molecule has 1 fully saturated rings. The van der Waals surface area contributed by atoms with Gasteiger partial charge in [-0.15, -0.1) is 0 Å². The first-order valence-electron chi connectivity index (χ1n) is 9.03.